The van der Waals surface area contributed by atoms with Crippen molar-refractivity contribution in [3.63, 3.8) is 0 Å². The summed E-state index contributed by atoms with van der Waals surface area (Å²) in [5.41, 5.74) is 13.6. The van der Waals surface area contributed by atoms with Gasteiger partial charge in [0.25, 0.3) is 5.91 Å². The van der Waals surface area contributed by atoms with Gasteiger partial charge in [-0.25, -0.2) is 0 Å². The standard InChI is InChI=1S/C14H16ClN3O/c1-2-3-4-8-11(15)6-5-9-12(16)10(14(17)19)7-18-13(8)9/h5-7H,2-4H2,1H3,(H2,16,18)(H2,17,19). The van der Waals surface area contributed by atoms with E-state index >= 15 is 0 Å². The van der Waals surface area contributed by atoms with E-state index in [1.54, 1.807) is 12.1 Å². The molecule has 1 amide bonds. The Kier molecular flexibility index (Phi) is 3.90. The van der Waals surface area contributed by atoms with E-state index in [1.807, 2.05) is 0 Å². The van der Waals surface area contributed by atoms with Gasteiger partial charge in [-0.1, -0.05) is 24.9 Å². The fourth-order valence-corrected chi connectivity index (χ4v) is 2.35. The molecule has 1 heterocycles. The molecule has 0 aliphatic carbocycles. The fourth-order valence-electron chi connectivity index (χ4n) is 2.11. The smallest absolute Gasteiger partial charge is 0.252 e. The molecule has 0 saturated carbocycles. The van der Waals surface area contributed by atoms with E-state index in [9.17, 15) is 4.79 Å². The Bertz CT molecular complexity index is 640. The molecule has 4 N–H and O–H groups in total. The van der Waals surface area contributed by atoms with Crippen molar-refractivity contribution in [3.8, 4) is 0 Å². The largest absolute Gasteiger partial charge is 0.397 e. The van der Waals surface area contributed by atoms with Crippen LogP contribution in [0.15, 0.2) is 18.3 Å². The molecule has 2 rings (SSSR count). The van der Waals surface area contributed by atoms with E-state index < -0.39 is 5.91 Å². The number of hydrogen-bond donors (Lipinski definition) is 2. The van der Waals surface area contributed by atoms with Crippen LogP contribution in [-0.4, -0.2) is 10.9 Å². The summed E-state index contributed by atoms with van der Waals surface area (Å²) >= 11 is 6.22. The van der Waals surface area contributed by atoms with Crippen LogP contribution in [0.1, 0.15) is 35.7 Å². The fraction of sp³-hybridized carbons (Fsp3) is 0.286. The summed E-state index contributed by atoms with van der Waals surface area (Å²) in [7, 11) is 0. The number of nitrogen functional groups attached to an aromatic ring is 1. The minimum atomic E-state index is -0.572. The predicted molar refractivity (Wildman–Crippen MR) is 78.3 cm³/mol. The molecule has 100 valence electrons. The third kappa shape index (κ3) is 2.49. The summed E-state index contributed by atoms with van der Waals surface area (Å²) < 4.78 is 0. The van der Waals surface area contributed by atoms with E-state index in [0.29, 0.717) is 10.7 Å². The van der Waals surface area contributed by atoms with Gasteiger partial charge in [0.2, 0.25) is 0 Å². The minimum absolute atomic E-state index is 0.247. The van der Waals surface area contributed by atoms with E-state index in [2.05, 4.69) is 11.9 Å². The van der Waals surface area contributed by atoms with Gasteiger partial charge in [0.15, 0.2) is 0 Å². The molecule has 2 aromatic rings. The average molecular weight is 278 g/mol. The zero-order valence-electron chi connectivity index (χ0n) is 10.7. The van der Waals surface area contributed by atoms with Crippen LogP contribution in [-0.2, 0) is 6.42 Å². The van der Waals surface area contributed by atoms with Crippen molar-refractivity contribution in [1.82, 2.24) is 4.98 Å². The first kappa shape index (κ1) is 13.6. The quantitative estimate of drug-likeness (QED) is 0.901. The molecule has 4 nitrogen and oxygen atoms in total. The number of carbonyl (C=O) groups is 1. The molecule has 0 aliphatic rings. The van der Waals surface area contributed by atoms with E-state index in [0.717, 1.165) is 35.7 Å². The van der Waals surface area contributed by atoms with Crippen LogP contribution in [0.25, 0.3) is 10.9 Å². The molecule has 5 heteroatoms. The van der Waals surface area contributed by atoms with Gasteiger partial charge < -0.3 is 11.5 Å². The summed E-state index contributed by atoms with van der Waals surface area (Å²) in [6.45, 7) is 2.12. The van der Waals surface area contributed by atoms with Gasteiger partial charge in [0, 0.05) is 16.6 Å². The molecule has 0 radical (unpaired) electrons. The number of amides is 1. The Morgan fingerprint density at radius 3 is 2.79 bits per heavy atom. The van der Waals surface area contributed by atoms with Crippen molar-refractivity contribution in [2.75, 3.05) is 5.73 Å². The lowest BCUT2D eigenvalue weighted by molar-refractivity contribution is 0.100. The number of benzene rings is 1. The zero-order valence-corrected chi connectivity index (χ0v) is 11.5. The van der Waals surface area contributed by atoms with Crippen LogP contribution < -0.4 is 11.5 Å². The molecule has 0 aliphatic heterocycles. The number of aromatic nitrogens is 1. The SMILES string of the molecule is CCCCc1c(Cl)ccc2c(N)c(C(N)=O)cnc12. The number of aryl methyl sites for hydroxylation is 1. The zero-order chi connectivity index (χ0) is 14.0. The van der Waals surface area contributed by atoms with Gasteiger partial charge in [0.1, 0.15) is 0 Å². The Morgan fingerprint density at radius 1 is 1.42 bits per heavy atom. The summed E-state index contributed by atoms with van der Waals surface area (Å²) in [5, 5.41) is 1.41. The van der Waals surface area contributed by atoms with Crippen molar-refractivity contribution in [2.24, 2.45) is 5.73 Å². The second-order valence-electron chi connectivity index (χ2n) is 4.48. The van der Waals surface area contributed by atoms with Crippen molar-refractivity contribution in [1.29, 1.82) is 0 Å². The maximum atomic E-state index is 11.3. The van der Waals surface area contributed by atoms with E-state index in [1.165, 1.54) is 6.20 Å². The lowest BCUT2D eigenvalue weighted by Crippen LogP contribution is -2.14. The van der Waals surface area contributed by atoms with E-state index in [4.69, 9.17) is 23.1 Å². The van der Waals surface area contributed by atoms with Crippen LogP contribution in [0.2, 0.25) is 5.02 Å². The molecule has 0 atom stereocenters. The summed E-state index contributed by atoms with van der Waals surface area (Å²) in [6, 6.07) is 3.57. The van der Waals surface area contributed by atoms with Crippen molar-refractivity contribution in [3.05, 3.63) is 34.5 Å². The topological polar surface area (TPSA) is 82.0 Å². The second kappa shape index (κ2) is 5.45. The molecular weight excluding hydrogens is 262 g/mol. The normalized spacial score (nSPS) is 10.8. The maximum absolute atomic E-state index is 11.3. The molecule has 0 unspecified atom stereocenters. The van der Waals surface area contributed by atoms with Gasteiger partial charge in [-0.3, -0.25) is 9.78 Å². The van der Waals surface area contributed by atoms with Crippen LogP contribution in [0.5, 0.6) is 0 Å². The number of primary amides is 1. The van der Waals surface area contributed by atoms with Gasteiger partial charge >= 0.3 is 0 Å². The van der Waals surface area contributed by atoms with Crippen LogP contribution in [0, 0.1) is 0 Å². The van der Waals surface area contributed by atoms with Gasteiger partial charge in [-0.15, -0.1) is 0 Å². The number of fused-ring (bicyclic) bond motifs is 1. The molecule has 0 bridgehead atoms. The highest BCUT2D eigenvalue weighted by molar-refractivity contribution is 6.32. The maximum Gasteiger partial charge on any atom is 0.252 e. The summed E-state index contributed by atoms with van der Waals surface area (Å²) in [6.07, 6.45) is 4.36. The molecule has 0 spiro atoms. The molecular formula is C14H16ClN3O. The highest BCUT2D eigenvalue weighted by Crippen LogP contribution is 2.30. The van der Waals surface area contributed by atoms with Crippen molar-refractivity contribution < 1.29 is 4.79 Å². The Morgan fingerprint density at radius 2 is 2.16 bits per heavy atom. The molecule has 1 aromatic heterocycles. The highest BCUT2D eigenvalue weighted by atomic mass is 35.5. The van der Waals surface area contributed by atoms with Crippen molar-refractivity contribution >= 4 is 34.1 Å². The van der Waals surface area contributed by atoms with Crippen LogP contribution >= 0.6 is 11.6 Å². The number of halogens is 1. The lowest BCUT2D eigenvalue weighted by Gasteiger charge is -2.11. The Hall–Kier alpha value is -1.81. The molecule has 0 fully saturated rings. The number of pyridine rings is 1. The number of nitrogens with two attached hydrogens (primary N) is 2. The summed E-state index contributed by atoms with van der Waals surface area (Å²) in [4.78, 5) is 15.6. The Labute approximate surface area is 116 Å². The number of unbranched alkanes of at least 4 members (excludes halogenated alkanes) is 1. The molecule has 1 aromatic carbocycles. The first-order valence-electron chi connectivity index (χ1n) is 6.21. The van der Waals surface area contributed by atoms with Gasteiger partial charge in [-0.2, -0.15) is 0 Å². The third-order valence-electron chi connectivity index (χ3n) is 3.17. The predicted octanol–water partition coefficient (Wildman–Crippen LogP) is 2.91. The monoisotopic (exact) mass is 277 g/mol. The first-order chi connectivity index (χ1) is 9.06. The van der Waals surface area contributed by atoms with Crippen molar-refractivity contribution in [2.45, 2.75) is 26.2 Å². The Balaban J connectivity index is 2.67. The number of carbonyl (C=O) groups excluding carboxylic acids is 1. The minimum Gasteiger partial charge on any atom is -0.397 e. The number of anilines is 1. The van der Waals surface area contributed by atoms with E-state index in [-0.39, 0.29) is 5.56 Å². The molecule has 0 saturated heterocycles. The number of hydrogen-bond acceptors (Lipinski definition) is 3. The number of nitrogens with zero attached hydrogens (tertiary/aromatic N) is 1. The third-order valence-corrected chi connectivity index (χ3v) is 3.53. The lowest BCUT2D eigenvalue weighted by atomic mass is 10.0. The summed E-state index contributed by atoms with van der Waals surface area (Å²) in [5.74, 6) is -0.572. The highest BCUT2D eigenvalue weighted by Gasteiger charge is 2.14. The van der Waals surface area contributed by atoms with Gasteiger partial charge in [0.05, 0.1) is 16.8 Å². The van der Waals surface area contributed by atoms with Gasteiger partial charge in [-0.05, 0) is 30.5 Å². The van der Waals surface area contributed by atoms with Crippen LogP contribution in [0.3, 0.4) is 0 Å². The van der Waals surface area contributed by atoms with Crippen LogP contribution in [0.4, 0.5) is 5.69 Å². The first-order valence-corrected chi connectivity index (χ1v) is 6.59. The average Bonchev–Trinajstić information content (AvgIpc) is 2.37. The number of rotatable bonds is 4. The molecule has 19 heavy (non-hydrogen) atoms. The second-order valence-corrected chi connectivity index (χ2v) is 4.88.